The van der Waals surface area contributed by atoms with Crippen LogP contribution >= 0.6 is 12.4 Å². The quantitative estimate of drug-likeness (QED) is 0.176. The molecule has 238 valence electrons. The lowest BCUT2D eigenvalue weighted by molar-refractivity contribution is 0.336. The van der Waals surface area contributed by atoms with Crippen LogP contribution in [0.4, 0.5) is 0 Å². The van der Waals surface area contributed by atoms with Gasteiger partial charge in [-0.1, -0.05) is 59.2 Å². The van der Waals surface area contributed by atoms with Crippen LogP contribution in [0.5, 0.6) is 17.2 Å². The number of nitriles is 2. The largest absolute Gasteiger partial charge is 0.497 e. The summed E-state index contributed by atoms with van der Waals surface area (Å²) in [5, 5.41) is 27.4. The van der Waals surface area contributed by atoms with Gasteiger partial charge in [0.2, 0.25) is 0 Å². The Kier molecular flexibility index (Phi) is 19.8. The van der Waals surface area contributed by atoms with Gasteiger partial charge in [0.05, 0.1) is 44.9 Å². The van der Waals surface area contributed by atoms with Crippen molar-refractivity contribution in [2.75, 3.05) is 28.4 Å². The molecule has 0 heterocycles. The minimum atomic E-state index is -0.611. The van der Waals surface area contributed by atoms with Crippen LogP contribution in [0, 0.1) is 40.4 Å². The molecule has 2 rings (SSSR count). The lowest BCUT2D eigenvalue weighted by Gasteiger charge is -2.32. The molecule has 0 aliphatic carbocycles. The topological polar surface area (TPSA) is 100.0 Å². The Morgan fingerprint density at radius 3 is 2.07 bits per heavy atom. The van der Waals surface area contributed by atoms with Crippen LogP contribution in [0.15, 0.2) is 52.7 Å². The molecule has 0 amide bonds. The number of azo groups is 1. The van der Waals surface area contributed by atoms with E-state index in [4.69, 9.17) is 19.5 Å². The lowest BCUT2D eigenvalue weighted by Crippen LogP contribution is -2.31. The van der Waals surface area contributed by atoms with Gasteiger partial charge in [-0.25, -0.2) is 0 Å². The van der Waals surface area contributed by atoms with E-state index in [2.05, 4.69) is 69.1 Å². The fraction of sp³-hybridized carbons (Fsp3) is 0.600. The normalized spacial score (nSPS) is 13.5. The Morgan fingerprint density at radius 2 is 1.58 bits per heavy atom. The van der Waals surface area contributed by atoms with E-state index in [1.807, 2.05) is 30.3 Å². The number of halogens is 1. The Morgan fingerprint density at radius 1 is 0.884 bits per heavy atom. The molecule has 0 aliphatic rings. The summed E-state index contributed by atoms with van der Waals surface area (Å²) >= 11 is 0. The smallest absolute Gasteiger partial charge is 0.161 e. The molecule has 0 bridgehead atoms. The van der Waals surface area contributed by atoms with Gasteiger partial charge in [0.25, 0.3) is 0 Å². The zero-order chi connectivity index (χ0) is 31.5. The number of rotatable bonds is 16. The SMILES string of the molecule is CCCC(C#N)C(C)C.CN=N[C@H](CCCC(C#N)(c1ccc(OC)c(OC)c1)C(C)C)CCc1cccc(OC)c1.Cl. The molecular formula is C35H53ClN4O3. The average Bonchev–Trinajstić information content (AvgIpc) is 3.00. The minimum Gasteiger partial charge on any atom is -0.497 e. The van der Waals surface area contributed by atoms with Crippen LogP contribution in [0.1, 0.15) is 84.3 Å². The second-order valence-electron chi connectivity index (χ2n) is 11.3. The highest BCUT2D eigenvalue weighted by atomic mass is 35.5. The molecule has 0 saturated heterocycles. The highest BCUT2D eigenvalue weighted by molar-refractivity contribution is 5.85. The van der Waals surface area contributed by atoms with Gasteiger partial charge in [-0.2, -0.15) is 20.8 Å². The van der Waals surface area contributed by atoms with Crippen molar-refractivity contribution in [3.05, 3.63) is 53.6 Å². The highest BCUT2D eigenvalue weighted by Gasteiger charge is 2.36. The number of benzene rings is 2. The third-order valence-electron chi connectivity index (χ3n) is 7.94. The predicted octanol–water partition coefficient (Wildman–Crippen LogP) is 9.39. The average molecular weight is 613 g/mol. The van der Waals surface area contributed by atoms with E-state index in [0.29, 0.717) is 17.4 Å². The van der Waals surface area contributed by atoms with Gasteiger partial charge in [0.1, 0.15) is 5.75 Å². The van der Waals surface area contributed by atoms with Crippen LogP contribution in [0.25, 0.3) is 0 Å². The Labute approximate surface area is 267 Å². The van der Waals surface area contributed by atoms with Crippen molar-refractivity contribution < 1.29 is 14.2 Å². The van der Waals surface area contributed by atoms with Gasteiger partial charge < -0.3 is 14.2 Å². The molecule has 2 aromatic rings. The summed E-state index contributed by atoms with van der Waals surface area (Å²) in [5.74, 6) is 3.12. The molecule has 3 atom stereocenters. The molecule has 0 radical (unpaired) electrons. The molecule has 7 nitrogen and oxygen atoms in total. The number of ether oxygens (including phenoxy) is 3. The Hall–Kier alpha value is -3.29. The highest BCUT2D eigenvalue weighted by Crippen LogP contribution is 2.41. The van der Waals surface area contributed by atoms with Crippen LogP contribution in [-0.4, -0.2) is 34.4 Å². The number of aryl methyl sites for hydroxylation is 1. The summed E-state index contributed by atoms with van der Waals surface area (Å²) in [6, 6.07) is 19.0. The Balaban J connectivity index is 0.00000153. The zero-order valence-electron chi connectivity index (χ0n) is 27.7. The van der Waals surface area contributed by atoms with E-state index in [0.717, 1.165) is 56.3 Å². The van der Waals surface area contributed by atoms with Gasteiger partial charge in [-0.3, -0.25) is 0 Å². The first-order valence-electron chi connectivity index (χ1n) is 15.1. The molecule has 2 aromatic carbocycles. The van der Waals surface area contributed by atoms with Gasteiger partial charge in [0, 0.05) is 13.0 Å². The van der Waals surface area contributed by atoms with Crippen molar-refractivity contribution in [3.63, 3.8) is 0 Å². The van der Waals surface area contributed by atoms with Crippen molar-refractivity contribution in [2.45, 2.75) is 91.0 Å². The summed E-state index contributed by atoms with van der Waals surface area (Å²) in [5.41, 5.74) is 1.58. The molecule has 2 unspecified atom stereocenters. The monoisotopic (exact) mass is 612 g/mol. The van der Waals surface area contributed by atoms with E-state index >= 15 is 0 Å². The maximum Gasteiger partial charge on any atom is 0.161 e. The van der Waals surface area contributed by atoms with Crippen molar-refractivity contribution in [2.24, 2.45) is 28.0 Å². The van der Waals surface area contributed by atoms with Gasteiger partial charge in [0.15, 0.2) is 11.5 Å². The van der Waals surface area contributed by atoms with Crippen LogP contribution < -0.4 is 14.2 Å². The second-order valence-corrected chi connectivity index (χ2v) is 11.3. The number of hydrogen-bond donors (Lipinski definition) is 0. The first-order chi connectivity index (χ1) is 20.2. The maximum absolute atomic E-state index is 10.3. The fourth-order valence-electron chi connectivity index (χ4n) is 5.19. The van der Waals surface area contributed by atoms with Gasteiger partial charge in [-0.05, 0) is 85.8 Å². The molecule has 0 aliphatic heterocycles. The van der Waals surface area contributed by atoms with Crippen molar-refractivity contribution in [3.8, 4) is 29.4 Å². The molecule has 0 fully saturated rings. The number of hydrogen-bond acceptors (Lipinski definition) is 7. The van der Waals surface area contributed by atoms with Crippen molar-refractivity contribution in [1.29, 1.82) is 10.5 Å². The predicted molar refractivity (Wildman–Crippen MR) is 178 cm³/mol. The maximum atomic E-state index is 10.3. The molecule has 0 N–H and O–H groups in total. The second kappa shape index (κ2) is 21.4. The third kappa shape index (κ3) is 12.5. The molecule has 43 heavy (non-hydrogen) atoms. The van der Waals surface area contributed by atoms with E-state index < -0.39 is 5.41 Å². The first kappa shape index (κ1) is 39.7. The van der Waals surface area contributed by atoms with E-state index in [9.17, 15) is 5.26 Å². The third-order valence-corrected chi connectivity index (χ3v) is 7.94. The zero-order valence-corrected chi connectivity index (χ0v) is 28.5. The van der Waals surface area contributed by atoms with E-state index in [1.165, 1.54) is 5.56 Å². The van der Waals surface area contributed by atoms with Crippen LogP contribution in [-0.2, 0) is 11.8 Å². The number of nitrogens with zero attached hydrogens (tertiary/aromatic N) is 4. The van der Waals surface area contributed by atoms with Crippen LogP contribution in [0.2, 0.25) is 0 Å². The first-order valence-corrected chi connectivity index (χ1v) is 15.1. The molecular weight excluding hydrogens is 560 g/mol. The fourth-order valence-corrected chi connectivity index (χ4v) is 5.19. The summed E-state index contributed by atoms with van der Waals surface area (Å²) < 4.78 is 16.2. The molecule has 0 aromatic heterocycles. The Bertz CT molecular complexity index is 1170. The van der Waals surface area contributed by atoms with E-state index in [1.54, 1.807) is 28.4 Å². The lowest BCUT2D eigenvalue weighted by atomic mass is 9.69. The number of methoxy groups -OCH3 is 3. The van der Waals surface area contributed by atoms with Gasteiger partial charge in [-0.15, -0.1) is 12.4 Å². The summed E-state index contributed by atoms with van der Waals surface area (Å²) in [6.07, 6.45) is 6.48. The van der Waals surface area contributed by atoms with Gasteiger partial charge >= 0.3 is 0 Å². The molecule has 0 spiro atoms. The standard InChI is InChI=1S/C27H37N3O3.C8H15N.ClH/c1-20(2)27(19-28,22-13-15-25(32-5)26(18-22)33-6)16-8-10-23(30-29-3)14-12-21-9-7-11-24(17-21)31-4;1-4-5-8(6-9)7(2)3;/h7,9,11,13,15,17-18,20,23H,8,10,12,14,16H2,1-6H3;7-8H,4-5H2,1-3H3;1H/t23-,27?;;/m1../s1. The van der Waals surface area contributed by atoms with E-state index in [-0.39, 0.29) is 30.3 Å². The summed E-state index contributed by atoms with van der Waals surface area (Å²) in [7, 11) is 6.64. The minimum absolute atomic E-state index is 0. The molecule has 8 heteroatoms. The van der Waals surface area contributed by atoms with Crippen molar-refractivity contribution in [1.82, 2.24) is 0 Å². The summed E-state index contributed by atoms with van der Waals surface area (Å²) in [6.45, 7) is 10.5. The van der Waals surface area contributed by atoms with Crippen LogP contribution in [0.3, 0.4) is 0 Å². The molecule has 0 saturated carbocycles. The van der Waals surface area contributed by atoms with Crippen molar-refractivity contribution >= 4 is 12.4 Å². The summed E-state index contributed by atoms with van der Waals surface area (Å²) in [4.78, 5) is 0.